The van der Waals surface area contributed by atoms with Crippen molar-refractivity contribution in [2.24, 2.45) is 17.1 Å². The third-order valence-electron chi connectivity index (χ3n) is 5.06. The molecule has 0 aromatic carbocycles. The molecular weight excluding hydrogens is 412 g/mol. The van der Waals surface area contributed by atoms with Crippen LogP contribution in [0.2, 0.25) is 0 Å². The third-order valence-corrected chi connectivity index (χ3v) is 6.22. The Hall–Kier alpha value is -2.72. The number of hydrogen-bond donors (Lipinski definition) is 2. The van der Waals surface area contributed by atoms with E-state index in [4.69, 9.17) is 15.2 Å². The van der Waals surface area contributed by atoms with Crippen molar-refractivity contribution in [2.45, 2.75) is 46.3 Å². The lowest BCUT2D eigenvalue weighted by Crippen LogP contribution is -2.61. The summed E-state index contributed by atoms with van der Waals surface area (Å²) in [6.07, 6.45) is -0.542. The average Bonchev–Trinajstić information content (AvgIpc) is 3.23. The number of ether oxygens (including phenoxy) is 2. The molecule has 30 heavy (non-hydrogen) atoms. The van der Waals surface area contributed by atoms with E-state index in [2.05, 4.69) is 0 Å². The number of nitrogens with zero attached hydrogens (tertiary/aromatic N) is 1. The number of esters is 2. The molecule has 2 unspecified atom stereocenters. The average molecular weight is 436 g/mol. The first-order chi connectivity index (χ1) is 13.9. The minimum atomic E-state index is -0.868. The van der Waals surface area contributed by atoms with Crippen LogP contribution >= 0.6 is 11.3 Å². The van der Waals surface area contributed by atoms with Crippen molar-refractivity contribution in [1.82, 2.24) is 4.90 Å². The Morgan fingerprint density at radius 3 is 2.50 bits per heavy atom. The Labute approximate surface area is 177 Å². The van der Waals surface area contributed by atoms with E-state index in [9.17, 15) is 24.3 Å². The van der Waals surface area contributed by atoms with E-state index in [1.165, 1.54) is 11.8 Å². The predicted molar refractivity (Wildman–Crippen MR) is 107 cm³/mol. The van der Waals surface area contributed by atoms with Gasteiger partial charge in [-0.05, 0) is 46.2 Å². The molecule has 2 amide bonds. The van der Waals surface area contributed by atoms with Crippen LogP contribution in [0.15, 0.2) is 17.8 Å². The summed E-state index contributed by atoms with van der Waals surface area (Å²) in [4.78, 5) is 50.9. The van der Waals surface area contributed by atoms with Crippen molar-refractivity contribution in [3.8, 4) is 0 Å². The molecule has 0 saturated carbocycles. The Morgan fingerprint density at radius 2 is 1.97 bits per heavy atom. The Kier molecular flexibility index (Phi) is 5.74. The first kappa shape index (κ1) is 22.0. The molecule has 3 N–H and O–H groups in total. The van der Waals surface area contributed by atoms with E-state index in [-0.39, 0.29) is 17.6 Å². The number of aliphatic hydroxyl groups excluding tert-OH is 1. The number of thiophene rings is 1. The molecule has 3 atom stereocenters. The molecule has 2 aliphatic heterocycles. The maximum absolute atomic E-state index is 12.8. The monoisotopic (exact) mass is 436 g/mol. The second kappa shape index (κ2) is 7.84. The number of β-lactam (4-membered cyclic amide) rings is 1. The molecule has 0 radical (unpaired) electrons. The SMILES string of the molecule is C[C@@H](O)C1C(=O)N2C(C(=O)OCOC(=O)C(C)(C)C)=C(c3ccc(C(N)=O)s3)CC12. The van der Waals surface area contributed by atoms with Crippen LogP contribution in [0.5, 0.6) is 0 Å². The second-order valence-electron chi connectivity index (χ2n) is 8.33. The zero-order chi connectivity index (χ0) is 22.4. The van der Waals surface area contributed by atoms with Crippen LogP contribution in [0.1, 0.15) is 48.7 Å². The van der Waals surface area contributed by atoms with E-state index in [1.807, 2.05) is 0 Å². The topological polar surface area (TPSA) is 136 Å². The summed E-state index contributed by atoms with van der Waals surface area (Å²) < 4.78 is 10.1. The predicted octanol–water partition coefficient (Wildman–Crippen LogP) is 1.26. The van der Waals surface area contributed by atoms with Gasteiger partial charge in [0.15, 0.2) is 0 Å². The van der Waals surface area contributed by atoms with Crippen LogP contribution < -0.4 is 5.73 Å². The lowest BCUT2D eigenvalue weighted by molar-refractivity contribution is -0.175. The van der Waals surface area contributed by atoms with Crippen LogP contribution in [0.3, 0.4) is 0 Å². The fourth-order valence-corrected chi connectivity index (χ4v) is 4.45. The summed E-state index contributed by atoms with van der Waals surface area (Å²) >= 11 is 1.11. The zero-order valence-electron chi connectivity index (χ0n) is 17.1. The third kappa shape index (κ3) is 3.84. The van der Waals surface area contributed by atoms with E-state index in [0.29, 0.717) is 21.7 Å². The van der Waals surface area contributed by atoms with Gasteiger partial charge in [-0.25, -0.2) is 4.79 Å². The highest BCUT2D eigenvalue weighted by atomic mass is 32.1. The number of carbonyl (C=O) groups is 4. The van der Waals surface area contributed by atoms with E-state index in [0.717, 1.165) is 11.3 Å². The lowest BCUT2D eigenvalue weighted by Gasteiger charge is -2.44. The maximum Gasteiger partial charge on any atom is 0.358 e. The minimum Gasteiger partial charge on any atom is -0.427 e. The van der Waals surface area contributed by atoms with Gasteiger partial charge in [-0.2, -0.15) is 0 Å². The standard InChI is InChI=1S/C20H24N2O7S/c1-9(23)14-11-7-10(12-5-6-13(30-12)16(21)24)15(22(11)17(14)25)18(26)28-8-29-19(27)20(2,3)4/h5-6,9,11,14,23H,7-8H2,1-4H3,(H2,21,24)/t9-,11?,14?/m1/s1. The van der Waals surface area contributed by atoms with Crippen molar-refractivity contribution < 1.29 is 33.8 Å². The molecule has 3 heterocycles. The molecule has 0 bridgehead atoms. The number of aliphatic hydroxyl groups is 1. The van der Waals surface area contributed by atoms with Gasteiger partial charge in [0, 0.05) is 10.5 Å². The van der Waals surface area contributed by atoms with Gasteiger partial charge in [-0.3, -0.25) is 14.4 Å². The number of nitrogens with two attached hydrogens (primary N) is 1. The Balaban J connectivity index is 1.85. The minimum absolute atomic E-state index is 0.0339. The van der Waals surface area contributed by atoms with Crippen LogP contribution in [0, 0.1) is 11.3 Å². The number of carbonyl (C=O) groups excluding carboxylic acids is 4. The van der Waals surface area contributed by atoms with E-state index in [1.54, 1.807) is 32.9 Å². The van der Waals surface area contributed by atoms with Crippen molar-refractivity contribution >= 4 is 40.7 Å². The number of primary amides is 1. The summed E-state index contributed by atoms with van der Waals surface area (Å²) in [5.41, 5.74) is 5.13. The van der Waals surface area contributed by atoms with Gasteiger partial charge in [0.05, 0.1) is 28.4 Å². The van der Waals surface area contributed by atoms with Crippen LogP contribution in [0.25, 0.3) is 5.57 Å². The van der Waals surface area contributed by atoms with E-state index < -0.39 is 42.1 Å². The van der Waals surface area contributed by atoms with Gasteiger partial charge < -0.3 is 25.2 Å². The van der Waals surface area contributed by atoms with Gasteiger partial charge in [0.25, 0.3) is 5.91 Å². The van der Waals surface area contributed by atoms with Crippen LogP contribution in [0.4, 0.5) is 0 Å². The highest BCUT2D eigenvalue weighted by Gasteiger charge is 2.57. The molecular formula is C20H24N2O7S. The van der Waals surface area contributed by atoms with E-state index >= 15 is 0 Å². The quantitative estimate of drug-likeness (QED) is 0.389. The molecule has 10 heteroatoms. The zero-order valence-corrected chi connectivity index (χ0v) is 17.9. The van der Waals surface area contributed by atoms with Gasteiger partial charge >= 0.3 is 11.9 Å². The van der Waals surface area contributed by atoms with Crippen LogP contribution in [-0.2, 0) is 23.9 Å². The number of hydrogen-bond acceptors (Lipinski definition) is 8. The van der Waals surface area contributed by atoms with Crippen molar-refractivity contribution in [3.63, 3.8) is 0 Å². The summed E-state index contributed by atoms with van der Waals surface area (Å²) in [5.74, 6) is -2.95. The summed E-state index contributed by atoms with van der Waals surface area (Å²) in [6.45, 7) is 5.94. The lowest BCUT2D eigenvalue weighted by atomic mass is 9.83. The van der Waals surface area contributed by atoms with Crippen molar-refractivity contribution in [2.75, 3.05) is 6.79 Å². The molecule has 0 spiro atoms. The highest BCUT2D eigenvalue weighted by Crippen LogP contribution is 2.48. The number of amides is 2. The van der Waals surface area contributed by atoms with Crippen molar-refractivity contribution in [3.05, 3.63) is 27.6 Å². The molecule has 1 fully saturated rings. The molecule has 162 valence electrons. The Bertz CT molecular complexity index is 941. The first-order valence-corrected chi connectivity index (χ1v) is 10.2. The molecule has 9 nitrogen and oxygen atoms in total. The molecule has 1 aromatic rings. The molecule has 2 aliphatic rings. The largest absolute Gasteiger partial charge is 0.427 e. The summed E-state index contributed by atoms with van der Waals surface area (Å²) in [6, 6.07) is 2.82. The molecule has 1 aromatic heterocycles. The smallest absolute Gasteiger partial charge is 0.358 e. The summed E-state index contributed by atoms with van der Waals surface area (Å²) in [5, 5.41) is 9.93. The van der Waals surface area contributed by atoms with Gasteiger partial charge in [0.2, 0.25) is 12.7 Å². The fraction of sp³-hybridized carbons (Fsp3) is 0.500. The first-order valence-electron chi connectivity index (χ1n) is 9.42. The van der Waals surface area contributed by atoms with Crippen molar-refractivity contribution in [1.29, 1.82) is 0 Å². The second-order valence-corrected chi connectivity index (χ2v) is 9.42. The normalized spacial score (nSPS) is 21.8. The van der Waals surface area contributed by atoms with Crippen LogP contribution in [-0.4, -0.2) is 52.7 Å². The van der Waals surface area contributed by atoms with Gasteiger partial charge in [-0.1, -0.05) is 0 Å². The van der Waals surface area contributed by atoms with Gasteiger partial charge in [-0.15, -0.1) is 11.3 Å². The molecule has 3 rings (SSSR count). The Morgan fingerprint density at radius 1 is 1.30 bits per heavy atom. The van der Waals surface area contributed by atoms with Gasteiger partial charge in [0.1, 0.15) is 5.70 Å². The maximum atomic E-state index is 12.8. The fourth-order valence-electron chi connectivity index (χ4n) is 3.53. The molecule has 0 aliphatic carbocycles. The number of rotatable bonds is 6. The molecule has 1 saturated heterocycles. The summed E-state index contributed by atoms with van der Waals surface area (Å²) in [7, 11) is 0. The highest BCUT2D eigenvalue weighted by molar-refractivity contribution is 7.15. The number of fused-ring (bicyclic) bond motifs is 1.